The summed E-state index contributed by atoms with van der Waals surface area (Å²) in [6, 6.07) is 39.5. The van der Waals surface area contributed by atoms with Gasteiger partial charge in [0.25, 0.3) is 23.7 Å². The standard InChI is InChI=1S/C23H21N3O5.C19H19ClN2O3.C19H21N3O3.C4H2O3.C2H4O2/c1-2-31-23(30)24-17-10-9-16-8-7-15-5-3-4-6-18(15)26(19(16)13-17)22(29)14-25-20(27)11-12-21(25)28;2*1-2-25-19(24)21-15-10-9-14-8-7-13-5-3-4-6-16(13)22(17(14)11-15)18(23)12-20;5-3-1-2-4(6)7-3;1-2(3)4/h3-6,9-13H,2,7-8,14H2,1H3,(H,24,30);3-6,9-11H,2,7-8,12H2,1H3,(H,21,24);3-6,9-11H,2,7-8,12,20H2,1H3,(H,21,24);1-2H;1H3,(H,3,4). The highest BCUT2D eigenvalue weighted by Gasteiger charge is 2.33. The molecule has 0 saturated carbocycles. The van der Waals surface area contributed by atoms with Crippen molar-refractivity contribution in [3.05, 3.63) is 185 Å². The molecule has 6 aromatic carbocycles. The highest BCUT2D eigenvalue weighted by molar-refractivity contribution is 6.30. The lowest BCUT2D eigenvalue weighted by atomic mass is 10.0. The number of imide groups is 1. The summed E-state index contributed by atoms with van der Waals surface area (Å²) >= 11 is 5.86. The number of rotatable bonds is 10. The Morgan fingerprint density at radius 2 is 0.772 bits per heavy atom. The molecule has 6 aromatic rings. The van der Waals surface area contributed by atoms with Gasteiger partial charge in [-0.05, 0) is 147 Å². The minimum absolute atomic E-state index is 0.0939. The van der Waals surface area contributed by atoms with E-state index in [2.05, 4.69) is 20.7 Å². The van der Waals surface area contributed by atoms with Gasteiger partial charge in [-0.2, -0.15) is 0 Å². The van der Waals surface area contributed by atoms with Crippen molar-refractivity contribution >= 4 is 129 Å². The van der Waals surface area contributed by atoms with E-state index < -0.39 is 53.9 Å². The number of hydrogen-bond acceptors (Lipinski definition) is 16. The van der Waals surface area contributed by atoms with Gasteiger partial charge in [0.05, 0.1) is 60.5 Å². The molecule has 478 valence electrons. The van der Waals surface area contributed by atoms with E-state index in [9.17, 15) is 47.9 Å². The zero-order chi connectivity index (χ0) is 66.4. The monoisotopic (exact) mass is 1270 g/mol. The maximum Gasteiger partial charge on any atom is 0.411 e. The van der Waals surface area contributed by atoms with Crippen molar-refractivity contribution < 1.29 is 76.8 Å². The Kier molecular flexibility index (Phi) is 24.6. The summed E-state index contributed by atoms with van der Waals surface area (Å²) in [7, 11) is 0. The summed E-state index contributed by atoms with van der Waals surface area (Å²) in [5, 5.41) is 15.4. The maximum absolute atomic E-state index is 13.4. The number of aliphatic carboxylic acids is 1. The molecule has 5 aliphatic rings. The highest BCUT2D eigenvalue weighted by atomic mass is 35.5. The fourth-order valence-corrected chi connectivity index (χ4v) is 10.2. The van der Waals surface area contributed by atoms with E-state index in [1.54, 1.807) is 54.8 Å². The molecule has 6 N–H and O–H groups in total. The fourth-order valence-electron chi connectivity index (χ4n) is 10.1. The summed E-state index contributed by atoms with van der Waals surface area (Å²) in [6.45, 7) is 6.63. The average Bonchev–Trinajstić information content (AvgIpc) is 1.59. The van der Waals surface area contributed by atoms with Gasteiger partial charge in [-0.15, -0.1) is 11.6 Å². The number of esters is 2. The van der Waals surface area contributed by atoms with Crippen LogP contribution in [0.3, 0.4) is 0 Å². The first-order chi connectivity index (χ1) is 44.3. The van der Waals surface area contributed by atoms with Crippen LogP contribution in [0, 0.1) is 0 Å². The number of ether oxygens (including phenoxy) is 4. The fraction of sp³-hybridized carbons (Fsp3) is 0.239. The SMILES string of the molecule is CC(=O)O.CCOC(=O)Nc1ccc2c(c1)N(C(=O)CCl)c1ccccc1CC2.CCOC(=O)Nc1ccc2c(c1)N(C(=O)CN)c1ccccc1CC2.CCOC(=O)Nc1ccc2c(c1)N(C(=O)CN1C(=O)C=CC1=O)c1ccccc1CC2.O=C1C=CC(=O)O1. The number of carboxylic acid groups (broad SMARTS) is 1. The number of fused-ring (bicyclic) bond motifs is 6. The summed E-state index contributed by atoms with van der Waals surface area (Å²) in [5.74, 6) is -3.96. The van der Waals surface area contributed by atoms with Crippen LogP contribution in [-0.4, -0.2) is 115 Å². The van der Waals surface area contributed by atoms with Crippen molar-refractivity contribution in [1.82, 2.24) is 4.90 Å². The second kappa shape index (κ2) is 33.0. The molecule has 0 saturated heterocycles. The number of halogens is 1. The molecule has 8 amide bonds. The Balaban J connectivity index is 0.000000181. The molecule has 5 aliphatic heterocycles. The number of anilines is 9. The molecule has 0 bridgehead atoms. The second-order valence-electron chi connectivity index (χ2n) is 20.2. The van der Waals surface area contributed by atoms with E-state index in [-0.39, 0.29) is 37.4 Å². The van der Waals surface area contributed by atoms with Crippen molar-refractivity contribution in [1.29, 1.82) is 0 Å². The van der Waals surface area contributed by atoms with Gasteiger partial charge in [0.1, 0.15) is 12.4 Å². The lowest BCUT2D eigenvalue weighted by Crippen LogP contribution is -2.41. The van der Waals surface area contributed by atoms with Crippen molar-refractivity contribution in [3.63, 3.8) is 0 Å². The molecule has 92 heavy (non-hydrogen) atoms. The normalized spacial score (nSPS) is 13.5. The molecular formula is C67H67ClN8O16. The van der Waals surface area contributed by atoms with Gasteiger partial charge in [-0.25, -0.2) is 24.0 Å². The zero-order valence-corrected chi connectivity index (χ0v) is 51.5. The number of carbonyl (C=O) groups is 11. The van der Waals surface area contributed by atoms with E-state index in [0.29, 0.717) is 48.1 Å². The third kappa shape index (κ3) is 18.1. The maximum atomic E-state index is 13.4. The average molecular weight is 1280 g/mol. The summed E-state index contributed by atoms with van der Waals surface area (Å²) in [4.78, 5) is 132. The van der Waals surface area contributed by atoms with Crippen LogP contribution < -0.4 is 36.4 Å². The van der Waals surface area contributed by atoms with Gasteiger partial charge < -0.3 is 29.8 Å². The molecule has 11 rings (SSSR count). The van der Waals surface area contributed by atoms with Crippen LogP contribution in [0.25, 0.3) is 0 Å². The molecule has 0 aromatic heterocycles. The summed E-state index contributed by atoms with van der Waals surface area (Å²) < 4.78 is 18.7. The molecule has 5 heterocycles. The van der Waals surface area contributed by atoms with E-state index in [1.807, 2.05) is 103 Å². The predicted molar refractivity (Wildman–Crippen MR) is 343 cm³/mol. The van der Waals surface area contributed by atoms with Gasteiger partial charge >= 0.3 is 30.2 Å². The Morgan fingerprint density at radius 1 is 0.467 bits per heavy atom. The largest absolute Gasteiger partial charge is 0.481 e. The molecule has 24 nitrogen and oxygen atoms in total. The molecule has 0 fully saturated rings. The first-order valence-electron chi connectivity index (χ1n) is 29.1. The Labute approximate surface area is 534 Å². The number of benzene rings is 6. The van der Waals surface area contributed by atoms with E-state index in [0.717, 1.165) is 124 Å². The third-order valence-corrected chi connectivity index (χ3v) is 14.2. The van der Waals surface area contributed by atoms with Gasteiger partial charge in [0, 0.05) is 48.3 Å². The van der Waals surface area contributed by atoms with Crippen molar-refractivity contribution in [2.45, 2.75) is 66.2 Å². The lowest BCUT2D eigenvalue weighted by molar-refractivity contribution is -0.150. The lowest BCUT2D eigenvalue weighted by Gasteiger charge is -2.27. The Hall–Kier alpha value is -11.0. The van der Waals surface area contributed by atoms with Gasteiger partial charge in [-0.3, -0.25) is 64.3 Å². The number of aryl methyl sites for hydroxylation is 6. The van der Waals surface area contributed by atoms with Crippen LogP contribution in [0.2, 0.25) is 0 Å². The minimum atomic E-state index is -0.833. The van der Waals surface area contributed by atoms with E-state index in [1.165, 1.54) is 4.90 Å². The summed E-state index contributed by atoms with van der Waals surface area (Å²) in [5.41, 5.74) is 17.9. The quantitative estimate of drug-likeness (QED) is 0.0280. The third-order valence-electron chi connectivity index (χ3n) is 14.0. The molecule has 0 aliphatic carbocycles. The molecule has 0 atom stereocenters. The molecule has 0 unspecified atom stereocenters. The van der Waals surface area contributed by atoms with Crippen LogP contribution in [0.5, 0.6) is 0 Å². The number of para-hydroxylation sites is 3. The van der Waals surface area contributed by atoms with Crippen LogP contribution in [0.4, 0.5) is 65.6 Å². The Bertz CT molecular complexity index is 3700. The van der Waals surface area contributed by atoms with Crippen molar-refractivity contribution in [3.8, 4) is 0 Å². The van der Waals surface area contributed by atoms with E-state index >= 15 is 0 Å². The Morgan fingerprint density at radius 3 is 1.07 bits per heavy atom. The molecule has 0 radical (unpaired) electrons. The highest BCUT2D eigenvalue weighted by Crippen LogP contribution is 2.41. The zero-order valence-electron chi connectivity index (χ0n) is 50.7. The van der Waals surface area contributed by atoms with Crippen molar-refractivity contribution in [2.24, 2.45) is 5.73 Å². The van der Waals surface area contributed by atoms with Crippen LogP contribution >= 0.6 is 11.6 Å². The van der Waals surface area contributed by atoms with Crippen LogP contribution in [0.1, 0.15) is 61.1 Å². The number of cyclic esters (lactones) is 2. The number of carbonyl (C=O) groups excluding carboxylic acids is 10. The van der Waals surface area contributed by atoms with Gasteiger partial charge in [-0.1, -0.05) is 72.8 Å². The minimum Gasteiger partial charge on any atom is -0.481 e. The van der Waals surface area contributed by atoms with Crippen LogP contribution in [0.15, 0.2) is 152 Å². The van der Waals surface area contributed by atoms with Gasteiger partial charge in [0.15, 0.2) is 0 Å². The van der Waals surface area contributed by atoms with Gasteiger partial charge in [0.2, 0.25) is 11.8 Å². The number of nitrogens with two attached hydrogens (primary N) is 1. The van der Waals surface area contributed by atoms with Crippen LogP contribution in [-0.2, 0) is 95.8 Å². The molecular weight excluding hydrogens is 1210 g/mol. The number of carboxylic acids is 1. The number of alkyl halides is 1. The first-order valence-corrected chi connectivity index (χ1v) is 29.7. The summed E-state index contributed by atoms with van der Waals surface area (Å²) in [6.07, 6.45) is 7.54. The predicted octanol–water partition coefficient (Wildman–Crippen LogP) is 9.89. The number of hydrogen-bond donors (Lipinski definition) is 5. The molecule has 0 spiro atoms. The van der Waals surface area contributed by atoms with Crippen molar-refractivity contribution in [2.75, 3.05) is 69.4 Å². The topological polar surface area (TPSA) is 320 Å². The number of nitrogens with zero attached hydrogens (tertiary/aromatic N) is 4. The number of nitrogens with one attached hydrogen (secondary N) is 3. The van der Waals surface area contributed by atoms with E-state index in [4.69, 9.17) is 41.4 Å². The number of amides is 8. The second-order valence-corrected chi connectivity index (χ2v) is 20.4. The smallest absolute Gasteiger partial charge is 0.411 e. The molecule has 25 heteroatoms. The first kappa shape index (κ1) is 68.5.